The largest absolute Gasteiger partial charge is 0.496 e. The van der Waals surface area contributed by atoms with Crippen LogP contribution in [0.3, 0.4) is 0 Å². The smallest absolute Gasteiger partial charge is 0.416 e. The number of alkyl halides is 3. The van der Waals surface area contributed by atoms with Gasteiger partial charge in [0.05, 0.1) is 19.2 Å². The quantitative estimate of drug-likeness (QED) is 0.446. The Kier molecular flexibility index (Phi) is 3.63. The monoisotopic (exact) mass is 231 g/mol. The van der Waals surface area contributed by atoms with Crippen LogP contribution in [0.5, 0.6) is 5.75 Å². The third kappa shape index (κ3) is 2.80. The molecule has 0 fully saturated rings. The number of halogens is 3. The number of benzene rings is 1. The average molecular weight is 231 g/mol. The first kappa shape index (κ1) is 12.2. The molecule has 4 nitrogen and oxygen atoms in total. The van der Waals surface area contributed by atoms with Crippen LogP contribution in [0, 0.1) is 0 Å². The van der Waals surface area contributed by atoms with Gasteiger partial charge in [0.1, 0.15) is 5.75 Å². The molecule has 1 aromatic carbocycles. The van der Waals surface area contributed by atoms with E-state index in [4.69, 9.17) is 10.3 Å². The molecule has 0 aliphatic rings. The summed E-state index contributed by atoms with van der Waals surface area (Å²) in [6.07, 6.45) is -4.42. The van der Waals surface area contributed by atoms with Gasteiger partial charge in [-0.05, 0) is 23.7 Å². The van der Waals surface area contributed by atoms with Crippen molar-refractivity contribution in [1.82, 2.24) is 0 Å². The molecule has 0 aromatic heterocycles. The second-order valence-electron chi connectivity index (χ2n) is 2.91. The molecule has 86 valence electrons. The summed E-state index contributed by atoms with van der Waals surface area (Å²) < 4.78 is 42.0. The molecule has 0 radical (unpaired) electrons. The molecule has 0 spiro atoms. The van der Waals surface area contributed by atoms with Crippen molar-refractivity contribution >= 4 is 0 Å². The summed E-state index contributed by atoms with van der Waals surface area (Å²) in [6, 6.07) is 3.02. The second kappa shape index (κ2) is 4.76. The maximum absolute atomic E-state index is 12.4. The van der Waals surface area contributed by atoms with Crippen molar-refractivity contribution in [3.8, 4) is 5.75 Å². The van der Waals surface area contributed by atoms with E-state index in [1.165, 1.54) is 13.2 Å². The number of hydrogen-bond acceptors (Lipinski definition) is 2. The predicted octanol–water partition coefficient (Wildman–Crippen LogP) is 3.52. The molecule has 0 atom stereocenters. The Balaban J connectivity index is 3.15. The minimum absolute atomic E-state index is 0.177. The number of hydrogen-bond donors (Lipinski definition) is 0. The molecule has 0 bridgehead atoms. The van der Waals surface area contributed by atoms with Crippen LogP contribution in [0.15, 0.2) is 23.3 Å². The fourth-order valence-corrected chi connectivity index (χ4v) is 1.19. The molecule has 0 N–H and O–H groups in total. The van der Waals surface area contributed by atoms with Gasteiger partial charge in [0.2, 0.25) is 0 Å². The molecule has 0 amide bonds. The fourth-order valence-electron chi connectivity index (χ4n) is 1.19. The van der Waals surface area contributed by atoms with Crippen LogP contribution in [0.4, 0.5) is 13.2 Å². The lowest BCUT2D eigenvalue weighted by Crippen LogP contribution is -2.06. The van der Waals surface area contributed by atoms with Crippen LogP contribution >= 0.6 is 0 Å². The normalized spacial score (nSPS) is 10.8. The van der Waals surface area contributed by atoms with Crippen LogP contribution in [-0.2, 0) is 12.7 Å². The van der Waals surface area contributed by atoms with Gasteiger partial charge in [-0.25, -0.2) is 0 Å². The maximum atomic E-state index is 12.4. The van der Waals surface area contributed by atoms with Crippen LogP contribution in [0.25, 0.3) is 10.4 Å². The van der Waals surface area contributed by atoms with Gasteiger partial charge in [0.15, 0.2) is 0 Å². The van der Waals surface area contributed by atoms with E-state index in [1.54, 1.807) is 0 Å². The summed E-state index contributed by atoms with van der Waals surface area (Å²) in [7, 11) is 1.34. The molecule has 0 unspecified atom stereocenters. The zero-order valence-corrected chi connectivity index (χ0v) is 8.32. The van der Waals surface area contributed by atoms with Crippen LogP contribution < -0.4 is 4.74 Å². The highest BCUT2D eigenvalue weighted by Gasteiger charge is 2.30. The Hall–Kier alpha value is -1.88. The number of nitrogens with zero attached hydrogens (tertiary/aromatic N) is 3. The molecule has 0 aliphatic carbocycles. The van der Waals surface area contributed by atoms with Crippen molar-refractivity contribution < 1.29 is 17.9 Å². The summed E-state index contributed by atoms with van der Waals surface area (Å²) in [6.45, 7) is -0.177. The first-order valence-corrected chi connectivity index (χ1v) is 4.24. The van der Waals surface area contributed by atoms with Gasteiger partial charge in [-0.3, -0.25) is 0 Å². The van der Waals surface area contributed by atoms with Gasteiger partial charge in [-0.15, -0.1) is 0 Å². The zero-order chi connectivity index (χ0) is 12.2. The topological polar surface area (TPSA) is 58.0 Å². The van der Waals surface area contributed by atoms with Crippen LogP contribution in [0.2, 0.25) is 0 Å². The molecule has 0 saturated heterocycles. The van der Waals surface area contributed by atoms with Gasteiger partial charge in [0, 0.05) is 10.5 Å². The average Bonchev–Trinajstić information content (AvgIpc) is 2.24. The number of methoxy groups -OCH3 is 1. The van der Waals surface area contributed by atoms with Crippen molar-refractivity contribution in [2.24, 2.45) is 5.11 Å². The third-order valence-corrected chi connectivity index (χ3v) is 1.91. The van der Waals surface area contributed by atoms with Crippen LogP contribution in [-0.4, -0.2) is 7.11 Å². The maximum Gasteiger partial charge on any atom is 0.416 e. The minimum Gasteiger partial charge on any atom is -0.496 e. The Morgan fingerprint density at radius 3 is 2.62 bits per heavy atom. The Bertz CT molecular complexity index is 424. The molecular weight excluding hydrogens is 223 g/mol. The molecule has 0 aliphatic heterocycles. The summed E-state index contributed by atoms with van der Waals surface area (Å²) in [5, 5.41) is 3.21. The first-order valence-electron chi connectivity index (χ1n) is 4.24. The van der Waals surface area contributed by atoms with Gasteiger partial charge in [0.25, 0.3) is 0 Å². The number of rotatable bonds is 3. The molecule has 1 aromatic rings. The van der Waals surface area contributed by atoms with E-state index in [-0.39, 0.29) is 17.9 Å². The lowest BCUT2D eigenvalue weighted by atomic mass is 10.1. The SMILES string of the molecule is COc1ccc(C(F)(F)F)cc1CN=[N+]=[N-]. The second-order valence-corrected chi connectivity index (χ2v) is 2.91. The Morgan fingerprint density at radius 1 is 1.44 bits per heavy atom. The predicted molar refractivity (Wildman–Crippen MR) is 50.8 cm³/mol. The molecule has 0 saturated carbocycles. The summed E-state index contributed by atoms with van der Waals surface area (Å²) in [5.41, 5.74) is 7.52. The lowest BCUT2D eigenvalue weighted by Gasteiger charge is -2.11. The van der Waals surface area contributed by atoms with E-state index in [0.717, 1.165) is 12.1 Å². The summed E-state index contributed by atoms with van der Waals surface area (Å²) in [5.74, 6) is 0.264. The van der Waals surface area contributed by atoms with Crippen molar-refractivity contribution in [2.75, 3.05) is 7.11 Å². The molecule has 0 heterocycles. The van der Waals surface area contributed by atoms with Gasteiger partial charge >= 0.3 is 6.18 Å². The van der Waals surface area contributed by atoms with Gasteiger partial charge in [-0.2, -0.15) is 13.2 Å². The highest BCUT2D eigenvalue weighted by Crippen LogP contribution is 2.32. The van der Waals surface area contributed by atoms with E-state index in [0.29, 0.717) is 0 Å². The molecule has 16 heavy (non-hydrogen) atoms. The lowest BCUT2D eigenvalue weighted by molar-refractivity contribution is -0.137. The minimum atomic E-state index is -4.42. The van der Waals surface area contributed by atoms with Crippen molar-refractivity contribution in [3.05, 3.63) is 39.8 Å². The van der Waals surface area contributed by atoms with E-state index in [2.05, 4.69) is 10.0 Å². The van der Waals surface area contributed by atoms with E-state index < -0.39 is 11.7 Å². The highest BCUT2D eigenvalue weighted by molar-refractivity contribution is 5.38. The van der Waals surface area contributed by atoms with E-state index in [9.17, 15) is 13.2 Å². The summed E-state index contributed by atoms with van der Waals surface area (Å²) >= 11 is 0. The number of azide groups is 1. The molecular formula is C9H8F3N3O. The van der Waals surface area contributed by atoms with Crippen molar-refractivity contribution in [2.45, 2.75) is 12.7 Å². The first-order chi connectivity index (χ1) is 7.49. The van der Waals surface area contributed by atoms with Crippen molar-refractivity contribution in [1.29, 1.82) is 0 Å². The van der Waals surface area contributed by atoms with Gasteiger partial charge < -0.3 is 4.74 Å². The standard InChI is InChI=1S/C9H8F3N3O/c1-16-8-3-2-7(9(10,11)12)4-6(8)5-14-15-13/h2-4H,5H2,1H3. The van der Waals surface area contributed by atoms with Gasteiger partial charge in [-0.1, -0.05) is 5.11 Å². The van der Waals surface area contributed by atoms with E-state index >= 15 is 0 Å². The highest BCUT2D eigenvalue weighted by atomic mass is 19.4. The molecule has 1 rings (SSSR count). The zero-order valence-electron chi connectivity index (χ0n) is 8.32. The summed E-state index contributed by atoms with van der Waals surface area (Å²) in [4.78, 5) is 2.49. The fraction of sp³-hybridized carbons (Fsp3) is 0.333. The van der Waals surface area contributed by atoms with E-state index in [1.807, 2.05) is 0 Å². The third-order valence-electron chi connectivity index (χ3n) is 1.91. The Labute approximate surface area is 89.3 Å². The molecule has 7 heteroatoms. The Morgan fingerprint density at radius 2 is 2.12 bits per heavy atom. The van der Waals surface area contributed by atoms with Crippen LogP contribution in [0.1, 0.15) is 11.1 Å². The number of ether oxygens (including phenoxy) is 1. The van der Waals surface area contributed by atoms with Crippen molar-refractivity contribution in [3.63, 3.8) is 0 Å².